The van der Waals surface area contributed by atoms with E-state index in [1.807, 2.05) is 20.3 Å². The summed E-state index contributed by atoms with van der Waals surface area (Å²) in [5, 5.41) is 0. The van der Waals surface area contributed by atoms with Gasteiger partial charge in [-0.2, -0.15) is 57.8 Å². The Labute approximate surface area is 309 Å². The second kappa shape index (κ2) is 76.8. The molecule has 35 heavy (non-hydrogen) atoms. The van der Waals surface area contributed by atoms with Gasteiger partial charge in [-0.15, -0.1) is 19.3 Å². The Morgan fingerprint density at radius 2 is 0.943 bits per heavy atom. The zero-order chi connectivity index (χ0) is 21.4. The van der Waals surface area contributed by atoms with E-state index in [1.54, 1.807) is 0 Å². The molecule has 0 heterocycles. The van der Waals surface area contributed by atoms with Crippen molar-refractivity contribution in [1.29, 1.82) is 0 Å². The van der Waals surface area contributed by atoms with Crippen molar-refractivity contribution in [2.45, 2.75) is 130 Å². The van der Waals surface area contributed by atoms with E-state index in [-0.39, 0.29) is 143 Å². The fourth-order valence-electron chi connectivity index (χ4n) is 1.96. The average Bonchev–Trinajstić information content (AvgIpc) is 2.61. The van der Waals surface area contributed by atoms with Crippen molar-refractivity contribution in [1.82, 2.24) is 0 Å². The topological polar surface area (TPSA) is 0 Å². The van der Waals surface area contributed by atoms with Crippen molar-refractivity contribution in [2.75, 3.05) is 0 Å². The second-order valence-corrected chi connectivity index (χ2v) is 7.28. The van der Waals surface area contributed by atoms with Gasteiger partial charge in [-0.05, 0) is 0 Å². The van der Waals surface area contributed by atoms with Gasteiger partial charge in [-0.1, -0.05) is 76.2 Å². The molecule has 0 fully saturated rings. The van der Waals surface area contributed by atoms with Crippen LogP contribution < -0.4 is 0 Å². The molecule has 3 heteroatoms. The molecule has 0 saturated heterocycles. The summed E-state index contributed by atoms with van der Waals surface area (Å²) in [6.45, 7) is 34.1. The molecule has 0 nitrogen and oxygen atoms in total. The van der Waals surface area contributed by atoms with Crippen LogP contribution in [0.1, 0.15) is 130 Å². The second-order valence-electron chi connectivity index (χ2n) is 7.28. The van der Waals surface area contributed by atoms with E-state index < -0.39 is 0 Å². The first-order valence-corrected chi connectivity index (χ1v) is 10.8. The molecule has 3 unspecified atom stereocenters. The molecule has 0 aromatic heterocycles. The van der Waals surface area contributed by atoms with Gasteiger partial charge in [0.05, 0.1) is 0 Å². The van der Waals surface area contributed by atoms with E-state index in [9.17, 15) is 0 Å². The summed E-state index contributed by atoms with van der Waals surface area (Å²) in [5.74, 6) is 2.77. The van der Waals surface area contributed by atoms with E-state index in [1.165, 1.54) is 25.7 Å². The van der Waals surface area contributed by atoms with Crippen LogP contribution >= 0.6 is 0 Å². The number of hydrogen-bond donors (Lipinski definition) is 0. The van der Waals surface area contributed by atoms with Crippen LogP contribution in [0.5, 0.6) is 0 Å². The predicted molar refractivity (Wildman–Crippen MR) is 166 cm³/mol. The smallest absolute Gasteiger partial charge is 0.358 e. The van der Waals surface area contributed by atoms with Gasteiger partial charge in [-0.3, -0.25) is 0 Å². The molecule has 0 aliphatic rings. The quantitative estimate of drug-likeness (QED) is 0.197. The molecule has 0 aliphatic carbocycles. The molecule has 0 saturated carbocycles. The monoisotopic (exact) mass is 726 g/mol. The standard InChI is InChI=1S/2C8H16.C7H14.C3H7.4CH4.2CH3.3Y/c1-5-6-8(4)7(2)3;1-4-7-8(5-2)6-3;1-4-6-7(3)5-2;1-3-2;;;;;;;;;/h7-8H,1,4-6H2,2-3H3;5,8H,1,4,6-7H2,2-3H3;7H,1,3-6H2,2H3;3H,1-2H3;4*1H4;2*1H3;;;/q3*-2;-1;;;;;2*-1;3*+3. The zero-order valence-electron chi connectivity index (χ0n) is 23.4. The first-order valence-electron chi connectivity index (χ1n) is 10.8. The summed E-state index contributed by atoms with van der Waals surface area (Å²) in [5.41, 5.74) is 0. The molecule has 0 rings (SSSR count). The number of rotatable bonds is 10. The molecule has 212 valence electrons. The Kier molecular flexibility index (Phi) is 183. The van der Waals surface area contributed by atoms with E-state index in [0.29, 0.717) is 11.8 Å². The van der Waals surface area contributed by atoms with Gasteiger partial charge < -0.3 is 62.3 Å². The third-order valence-corrected chi connectivity index (χ3v) is 4.28. The summed E-state index contributed by atoms with van der Waals surface area (Å²) < 4.78 is 0. The normalized spacial score (nSPS) is 9.86. The Balaban J connectivity index is -0.0000000159. The van der Waals surface area contributed by atoms with Gasteiger partial charge in [0.2, 0.25) is 0 Å². The Hall–Kier alpha value is 3.31. The van der Waals surface area contributed by atoms with Gasteiger partial charge >= 0.3 is 98.1 Å². The SMILES string of the molecule is C.C.C.C.C[CH-]C.[CH2-]CCC([CH-]C)CC.[CH2-]CCC([CH2-])C(C)C.[CH2-]CCC([CH2-])CC.[CH3-].[CH3-].[Y+3].[Y+3].[Y+3]. The fraction of sp³-hybridized carbons (Fsp3) is 0.719. The van der Waals surface area contributed by atoms with Crippen LogP contribution in [0.4, 0.5) is 0 Å². The molecule has 0 radical (unpaired) electrons. The summed E-state index contributed by atoms with van der Waals surface area (Å²) >= 11 is 0. The predicted octanol–water partition coefficient (Wildman–Crippen LogP) is 12.7. The van der Waals surface area contributed by atoms with Crippen LogP contribution in [0.3, 0.4) is 0 Å². The largest absolute Gasteiger partial charge is 3.00 e. The Morgan fingerprint density at radius 3 is 1.03 bits per heavy atom. The maximum Gasteiger partial charge on any atom is 3.00 e. The molecule has 0 spiro atoms. The van der Waals surface area contributed by atoms with Crippen LogP contribution in [0.25, 0.3) is 0 Å². The zero-order valence-corrected chi connectivity index (χ0v) is 31.9. The summed E-state index contributed by atoms with van der Waals surface area (Å²) in [6.07, 6.45) is 13.4. The third kappa shape index (κ3) is 93.5. The van der Waals surface area contributed by atoms with Crippen molar-refractivity contribution in [3.63, 3.8) is 0 Å². The first-order chi connectivity index (χ1) is 12.2. The minimum atomic E-state index is 0. The fourth-order valence-corrected chi connectivity index (χ4v) is 1.96. The molecule has 0 amide bonds. The summed E-state index contributed by atoms with van der Waals surface area (Å²) in [4.78, 5) is 0. The molecule has 0 aromatic rings. The van der Waals surface area contributed by atoms with Crippen molar-refractivity contribution < 1.29 is 98.1 Å². The van der Waals surface area contributed by atoms with E-state index in [0.717, 1.165) is 37.5 Å². The minimum absolute atomic E-state index is 0. The van der Waals surface area contributed by atoms with Gasteiger partial charge in [0.25, 0.3) is 0 Å². The maximum absolute atomic E-state index is 3.99. The van der Waals surface area contributed by atoms with Crippen LogP contribution in [0, 0.1) is 86.0 Å². The van der Waals surface area contributed by atoms with E-state index in [4.69, 9.17) is 0 Å². The van der Waals surface area contributed by atoms with Crippen molar-refractivity contribution >= 4 is 0 Å². The van der Waals surface area contributed by atoms with Gasteiger partial charge in [-0.25, -0.2) is 0 Å². The minimum Gasteiger partial charge on any atom is -0.358 e. The van der Waals surface area contributed by atoms with Crippen molar-refractivity contribution in [2.24, 2.45) is 23.7 Å². The average molecular weight is 727 g/mol. The van der Waals surface area contributed by atoms with Gasteiger partial charge in [0.15, 0.2) is 0 Å². The van der Waals surface area contributed by atoms with Crippen molar-refractivity contribution in [3.05, 3.63) is 62.3 Å². The van der Waals surface area contributed by atoms with Gasteiger partial charge in [0.1, 0.15) is 0 Å². The third-order valence-electron chi connectivity index (χ3n) is 4.28. The molecular weight excluding hydrogens is 651 g/mol. The first kappa shape index (κ1) is 83.2. The number of hydrogen-bond acceptors (Lipinski definition) is 0. The van der Waals surface area contributed by atoms with Crippen LogP contribution in [-0.4, -0.2) is 0 Å². The molecule has 0 bridgehead atoms. The molecule has 0 aliphatic heterocycles. The van der Waals surface area contributed by atoms with Gasteiger partial charge in [0, 0.05) is 0 Å². The summed E-state index contributed by atoms with van der Waals surface area (Å²) in [6, 6.07) is 0. The Bertz CT molecular complexity index is 201. The Morgan fingerprint density at radius 1 is 0.629 bits per heavy atom. The molecule has 0 N–H and O–H groups in total. The molecule has 3 atom stereocenters. The van der Waals surface area contributed by atoms with E-state index >= 15 is 0 Å². The molecule has 0 aromatic carbocycles. The van der Waals surface area contributed by atoms with Crippen LogP contribution in [0.15, 0.2) is 0 Å². The van der Waals surface area contributed by atoms with E-state index in [2.05, 4.69) is 75.7 Å². The maximum atomic E-state index is 3.99. The summed E-state index contributed by atoms with van der Waals surface area (Å²) in [7, 11) is 0. The van der Waals surface area contributed by atoms with Crippen LogP contribution in [-0.2, 0) is 98.1 Å². The molecular formula is C32H75Y3. The van der Waals surface area contributed by atoms with Crippen molar-refractivity contribution in [3.8, 4) is 0 Å². The van der Waals surface area contributed by atoms with Crippen LogP contribution in [0.2, 0.25) is 0 Å².